The van der Waals surface area contributed by atoms with Crippen molar-refractivity contribution in [2.24, 2.45) is 5.92 Å². The minimum atomic E-state index is -0.192. The molecule has 2 fully saturated rings. The number of carbonyl (C=O) groups is 1. The summed E-state index contributed by atoms with van der Waals surface area (Å²) in [7, 11) is 1.83. The number of amides is 1. The summed E-state index contributed by atoms with van der Waals surface area (Å²) in [5.74, 6) is 0.678. The highest BCUT2D eigenvalue weighted by Crippen LogP contribution is 2.25. The molecule has 2 aliphatic rings. The molecule has 0 bridgehead atoms. The lowest BCUT2D eigenvalue weighted by Gasteiger charge is -2.22. The summed E-state index contributed by atoms with van der Waals surface area (Å²) in [6.45, 7) is 2.11. The number of rotatable bonds is 3. The van der Waals surface area contributed by atoms with Crippen LogP contribution in [0.4, 0.5) is 4.79 Å². The van der Waals surface area contributed by atoms with Crippen molar-refractivity contribution in [1.29, 1.82) is 0 Å². The third-order valence-electron chi connectivity index (χ3n) is 3.47. The van der Waals surface area contributed by atoms with Crippen LogP contribution in [0.2, 0.25) is 0 Å². The van der Waals surface area contributed by atoms with Gasteiger partial charge in [-0.2, -0.15) is 0 Å². The maximum Gasteiger partial charge on any atom is 0.409 e. The smallest absolute Gasteiger partial charge is 0.409 e. The van der Waals surface area contributed by atoms with Gasteiger partial charge in [0.25, 0.3) is 0 Å². The molecule has 0 N–H and O–H groups in total. The number of hydrogen-bond acceptors (Lipinski definition) is 3. The first-order valence-electron chi connectivity index (χ1n) is 6.25. The van der Waals surface area contributed by atoms with Crippen molar-refractivity contribution in [3.8, 4) is 0 Å². The van der Waals surface area contributed by atoms with Crippen LogP contribution in [0.1, 0.15) is 32.1 Å². The van der Waals surface area contributed by atoms with E-state index in [1.807, 2.05) is 7.05 Å². The standard InChI is InChI=1S/C12H21NO3/c1-13(8-10-4-2-3-5-10)12(14)16-11-6-7-15-9-11/h10-11H,2-9H2,1H3. The molecule has 0 aromatic carbocycles. The normalized spacial score (nSPS) is 25.9. The monoisotopic (exact) mass is 227 g/mol. The zero-order valence-corrected chi connectivity index (χ0v) is 9.98. The largest absolute Gasteiger partial charge is 0.444 e. The van der Waals surface area contributed by atoms with Gasteiger partial charge in [-0.1, -0.05) is 12.8 Å². The summed E-state index contributed by atoms with van der Waals surface area (Å²) in [4.78, 5) is 13.5. The molecule has 0 radical (unpaired) electrons. The zero-order valence-electron chi connectivity index (χ0n) is 9.98. The van der Waals surface area contributed by atoms with Crippen LogP contribution in [0, 0.1) is 5.92 Å². The fraction of sp³-hybridized carbons (Fsp3) is 0.917. The molecule has 1 unspecified atom stereocenters. The van der Waals surface area contributed by atoms with E-state index in [-0.39, 0.29) is 12.2 Å². The van der Waals surface area contributed by atoms with Gasteiger partial charge >= 0.3 is 6.09 Å². The highest BCUT2D eigenvalue weighted by Gasteiger charge is 2.24. The van der Waals surface area contributed by atoms with E-state index in [4.69, 9.17) is 9.47 Å². The molecule has 4 heteroatoms. The van der Waals surface area contributed by atoms with Gasteiger partial charge in [0.2, 0.25) is 0 Å². The Morgan fingerprint density at radius 3 is 2.75 bits per heavy atom. The van der Waals surface area contributed by atoms with Crippen LogP contribution in [0.15, 0.2) is 0 Å². The van der Waals surface area contributed by atoms with Crippen molar-refractivity contribution >= 4 is 6.09 Å². The molecule has 1 saturated heterocycles. The van der Waals surface area contributed by atoms with Crippen molar-refractivity contribution in [1.82, 2.24) is 4.90 Å². The first-order valence-corrected chi connectivity index (χ1v) is 6.25. The first-order chi connectivity index (χ1) is 7.75. The predicted molar refractivity (Wildman–Crippen MR) is 60.3 cm³/mol. The molecule has 0 spiro atoms. The zero-order chi connectivity index (χ0) is 11.4. The van der Waals surface area contributed by atoms with E-state index in [0.717, 1.165) is 13.0 Å². The van der Waals surface area contributed by atoms with E-state index in [1.165, 1.54) is 25.7 Å². The Morgan fingerprint density at radius 2 is 2.12 bits per heavy atom. The summed E-state index contributed by atoms with van der Waals surface area (Å²) in [5, 5.41) is 0. The van der Waals surface area contributed by atoms with Crippen molar-refractivity contribution in [3.63, 3.8) is 0 Å². The molecular weight excluding hydrogens is 206 g/mol. The van der Waals surface area contributed by atoms with Crippen LogP contribution >= 0.6 is 0 Å². The number of carbonyl (C=O) groups excluding carboxylic acids is 1. The molecule has 0 aromatic rings. The van der Waals surface area contributed by atoms with Gasteiger partial charge in [-0.15, -0.1) is 0 Å². The van der Waals surface area contributed by atoms with Gasteiger partial charge < -0.3 is 14.4 Å². The summed E-state index contributed by atoms with van der Waals surface area (Å²) < 4.78 is 10.5. The van der Waals surface area contributed by atoms with Gasteiger partial charge in [-0.25, -0.2) is 4.79 Å². The second kappa shape index (κ2) is 5.53. The Bertz CT molecular complexity index is 232. The highest BCUT2D eigenvalue weighted by molar-refractivity contribution is 5.67. The van der Waals surface area contributed by atoms with Crippen molar-refractivity contribution in [3.05, 3.63) is 0 Å². The number of ether oxygens (including phenoxy) is 2. The molecule has 92 valence electrons. The average Bonchev–Trinajstić information content (AvgIpc) is 2.90. The minimum absolute atomic E-state index is 0.0291. The molecule has 0 aromatic heterocycles. The Hall–Kier alpha value is -0.770. The van der Waals surface area contributed by atoms with E-state index >= 15 is 0 Å². The highest BCUT2D eigenvalue weighted by atomic mass is 16.6. The minimum Gasteiger partial charge on any atom is -0.444 e. The second-order valence-corrected chi connectivity index (χ2v) is 4.90. The Balaban J connectivity index is 1.70. The topological polar surface area (TPSA) is 38.8 Å². The molecule has 1 aliphatic carbocycles. The fourth-order valence-corrected chi connectivity index (χ4v) is 2.49. The van der Waals surface area contributed by atoms with Gasteiger partial charge in [-0.05, 0) is 18.8 Å². The second-order valence-electron chi connectivity index (χ2n) is 4.90. The number of nitrogens with zero attached hydrogens (tertiary/aromatic N) is 1. The third-order valence-corrected chi connectivity index (χ3v) is 3.47. The van der Waals surface area contributed by atoms with Crippen LogP contribution in [0.25, 0.3) is 0 Å². The van der Waals surface area contributed by atoms with Crippen LogP contribution < -0.4 is 0 Å². The van der Waals surface area contributed by atoms with Crippen molar-refractivity contribution in [2.45, 2.75) is 38.2 Å². The average molecular weight is 227 g/mol. The molecule has 1 amide bonds. The maximum atomic E-state index is 11.7. The van der Waals surface area contributed by atoms with Gasteiger partial charge in [0, 0.05) is 20.0 Å². The van der Waals surface area contributed by atoms with Gasteiger partial charge in [-0.3, -0.25) is 0 Å². The Morgan fingerprint density at radius 1 is 1.38 bits per heavy atom. The van der Waals surface area contributed by atoms with E-state index in [9.17, 15) is 4.79 Å². The third kappa shape index (κ3) is 3.11. The Kier molecular flexibility index (Phi) is 4.04. The van der Waals surface area contributed by atoms with Crippen LogP contribution in [-0.4, -0.2) is 43.9 Å². The summed E-state index contributed by atoms with van der Waals surface area (Å²) >= 11 is 0. The molecule has 4 nitrogen and oxygen atoms in total. The van der Waals surface area contributed by atoms with Crippen molar-refractivity contribution < 1.29 is 14.3 Å². The van der Waals surface area contributed by atoms with Crippen molar-refractivity contribution in [2.75, 3.05) is 26.8 Å². The molecule has 1 saturated carbocycles. The number of hydrogen-bond donors (Lipinski definition) is 0. The predicted octanol–water partition coefficient (Wildman–Crippen LogP) is 2.03. The van der Waals surface area contributed by atoms with Crippen LogP contribution in [0.5, 0.6) is 0 Å². The summed E-state index contributed by atoms with van der Waals surface area (Å²) in [6, 6.07) is 0. The maximum absolute atomic E-state index is 11.7. The van der Waals surface area contributed by atoms with Gasteiger partial charge in [0.15, 0.2) is 0 Å². The molecule has 16 heavy (non-hydrogen) atoms. The molecule has 1 aliphatic heterocycles. The van der Waals surface area contributed by atoms with Gasteiger partial charge in [0.1, 0.15) is 6.10 Å². The van der Waals surface area contributed by atoms with Gasteiger partial charge in [0.05, 0.1) is 13.2 Å². The molecule has 2 rings (SSSR count). The van der Waals surface area contributed by atoms with E-state index in [2.05, 4.69) is 0 Å². The first kappa shape index (κ1) is 11.7. The fourth-order valence-electron chi connectivity index (χ4n) is 2.49. The lowest BCUT2D eigenvalue weighted by molar-refractivity contribution is 0.0571. The SMILES string of the molecule is CN(CC1CCCC1)C(=O)OC1CCOC1. The van der Waals surface area contributed by atoms with Crippen LogP contribution in [0.3, 0.4) is 0 Å². The quantitative estimate of drug-likeness (QED) is 0.740. The van der Waals surface area contributed by atoms with Crippen LogP contribution in [-0.2, 0) is 9.47 Å². The van der Waals surface area contributed by atoms with E-state index < -0.39 is 0 Å². The lowest BCUT2D eigenvalue weighted by atomic mass is 10.1. The summed E-state index contributed by atoms with van der Waals surface area (Å²) in [6.07, 6.45) is 5.74. The Labute approximate surface area is 96.9 Å². The lowest BCUT2D eigenvalue weighted by Crippen LogP contribution is -2.34. The molecular formula is C12H21NO3. The summed E-state index contributed by atoms with van der Waals surface area (Å²) in [5.41, 5.74) is 0. The molecule has 1 atom stereocenters. The molecule has 1 heterocycles. The van der Waals surface area contributed by atoms with E-state index in [0.29, 0.717) is 19.1 Å². The van der Waals surface area contributed by atoms with E-state index in [1.54, 1.807) is 4.90 Å².